The van der Waals surface area contributed by atoms with Crippen LogP contribution in [0.25, 0.3) is 0 Å². The van der Waals surface area contributed by atoms with Gasteiger partial charge in [0.25, 0.3) is 0 Å². The van der Waals surface area contributed by atoms with Crippen LogP contribution in [0.3, 0.4) is 0 Å². The molecule has 1 heterocycles. The number of rotatable bonds is 5. The van der Waals surface area contributed by atoms with Crippen LogP contribution in [-0.4, -0.2) is 31.8 Å². The van der Waals surface area contributed by atoms with Gasteiger partial charge in [-0.15, -0.1) is 0 Å². The van der Waals surface area contributed by atoms with Crippen molar-refractivity contribution in [2.24, 2.45) is 0 Å². The van der Waals surface area contributed by atoms with Gasteiger partial charge in [-0.3, -0.25) is 0 Å². The molecule has 0 radical (unpaired) electrons. The molecule has 0 aliphatic heterocycles. The molecule has 6 nitrogen and oxygen atoms in total. The largest absolute Gasteiger partial charge is 0.497 e. The van der Waals surface area contributed by atoms with Gasteiger partial charge in [0.05, 0.1) is 7.11 Å². The van der Waals surface area contributed by atoms with E-state index in [1.165, 1.54) is 0 Å². The van der Waals surface area contributed by atoms with E-state index in [0.29, 0.717) is 5.69 Å². The number of ether oxygens (including phenoxy) is 2. The molecule has 0 aliphatic rings. The third-order valence-electron chi connectivity index (χ3n) is 2.69. The van der Waals surface area contributed by atoms with Crippen LogP contribution < -0.4 is 9.47 Å². The van der Waals surface area contributed by atoms with E-state index in [0.717, 1.165) is 17.6 Å². The Hall–Kier alpha value is -2.15. The highest BCUT2D eigenvalue weighted by atomic mass is 32.2. The molecule has 0 amide bonds. The lowest BCUT2D eigenvalue weighted by Gasteiger charge is -2.08. The summed E-state index contributed by atoms with van der Waals surface area (Å²) in [6, 6.07) is 8.98. The smallest absolute Gasteiger partial charge is 0.250 e. The van der Waals surface area contributed by atoms with Crippen molar-refractivity contribution in [2.45, 2.75) is 18.7 Å². The predicted octanol–water partition coefficient (Wildman–Crippen LogP) is 1.78. The molecule has 0 bridgehead atoms. The van der Waals surface area contributed by atoms with Gasteiger partial charge in [-0.2, -0.15) is 4.98 Å². The van der Waals surface area contributed by atoms with Gasteiger partial charge in [-0.05, 0) is 24.6 Å². The summed E-state index contributed by atoms with van der Waals surface area (Å²) in [5, 5.41) is -0.229. The summed E-state index contributed by atoms with van der Waals surface area (Å²) in [5.41, 5.74) is 1.46. The van der Waals surface area contributed by atoms with E-state index in [2.05, 4.69) is 9.97 Å². The second-order valence-corrected chi connectivity index (χ2v) is 6.45. The first-order valence-electron chi connectivity index (χ1n) is 6.20. The molecule has 2 aromatic rings. The minimum absolute atomic E-state index is 0.229. The fourth-order valence-electron chi connectivity index (χ4n) is 1.63. The Kier molecular flexibility index (Phi) is 4.42. The molecule has 0 fully saturated rings. The number of aromatic nitrogens is 2. The maximum absolute atomic E-state index is 11.5. The highest BCUT2D eigenvalue weighted by Gasteiger charge is 2.13. The van der Waals surface area contributed by atoms with E-state index in [-0.39, 0.29) is 17.6 Å². The van der Waals surface area contributed by atoms with Crippen molar-refractivity contribution in [3.8, 4) is 11.6 Å². The van der Waals surface area contributed by atoms with Crippen molar-refractivity contribution in [1.29, 1.82) is 0 Å². The molecule has 112 valence electrons. The van der Waals surface area contributed by atoms with Gasteiger partial charge in [0.15, 0.2) is 0 Å². The van der Waals surface area contributed by atoms with Crippen LogP contribution in [0.4, 0.5) is 0 Å². The van der Waals surface area contributed by atoms with Crippen LogP contribution in [0.2, 0.25) is 0 Å². The highest BCUT2D eigenvalue weighted by molar-refractivity contribution is 7.90. The molecule has 0 unspecified atom stereocenters. The second kappa shape index (κ2) is 6.09. The molecule has 21 heavy (non-hydrogen) atoms. The number of hydrogen-bond acceptors (Lipinski definition) is 6. The molecule has 0 atom stereocenters. The number of methoxy groups -OCH3 is 1. The Morgan fingerprint density at radius 1 is 1.14 bits per heavy atom. The van der Waals surface area contributed by atoms with Crippen LogP contribution in [0.5, 0.6) is 11.6 Å². The Balaban J connectivity index is 2.14. The zero-order valence-electron chi connectivity index (χ0n) is 12.0. The van der Waals surface area contributed by atoms with E-state index in [9.17, 15) is 8.42 Å². The molecule has 0 aliphatic carbocycles. The first-order chi connectivity index (χ1) is 9.88. The average Bonchev–Trinajstić information content (AvgIpc) is 2.44. The standard InChI is InChI=1S/C14H16N2O4S/c1-10-8-13(16-14(15-10)21(3,17)18)20-9-11-4-6-12(19-2)7-5-11/h4-8H,9H2,1-3H3. The molecular weight excluding hydrogens is 292 g/mol. The van der Waals surface area contributed by atoms with Gasteiger partial charge in [0, 0.05) is 18.0 Å². The summed E-state index contributed by atoms with van der Waals surface area (Å²) < 4.78 is 33.6. The van der Waals surface area contributed by atoms with Crippen molar-refractivity contribution >= 4 is 9.84 Å². The lowest BCUT2D eigenvalue weighted by molar-refractivity contribution is 0.289. The average molecular weight is 308 g/mol. The molecule has 1 aromatic heterocycles. The van der Waals surface area contributed by atoms with Crippen molar-refractivity contribution in [3.63, 3.8) is 0 Å². The summed E-state index contributed by atoms with van der Waals surface area (Å²) in [4.78, 5) is 7.79. The predicted molar refractivity (Wildman–Crippen MR) is 77.2 cm³/mol. The Bertz CT molecular complexity index is 727. The lowest BCUT2D eigenvalue weighted by atomic mass is 10.2. The van der Waals surface area contributed by atoms with Gasteiger partial charge < -0.3 is 9.47 Å². The quantitative estimate of drug-likeness (QED) is 0.783. The SMILES string of the molecule is COc1ccc(COc2cc(C)nc(S(C)(=O)=O)n2)cc1. The monoisotopic (exact) mass is 308 g/mol. The van der Waals surface area contributed by atoms with Crippen molar-refractivity contribution in [1.82, 2.24) is 9.97 Å². The molecule has 1 aromatic carbocycles. The summed E-state index contributed by atoms with van der Waals surface area (Å²) in [7, 11) is -1.86. The van der Waals surface area contributed by atoms with Crippen molar-refractivity contribution in [3.05, 3.63) is 41.6 Å². The van der Waals surface area contributed by atoms with E-state index < -0.39 is 9.84 Å². The van der Waals surface area contributed by atoms with Gasteiger partial charge in [-0.25, -0.2) is 13.4 Å². The first-order valence-corrected chi connectivity index (χ1v) is 8.09. The lowest BCUT2D eigenvalue weighted by Crippen LogP contribution is -2.07. The molecule has 0 spiro atoms. The second-order valence-electron chi connectivity index (χ2n) is 4.54. The highest BCUT2D eigenvalue weighted by Crippen LogP contribution is 2.16. The van der Waals surface area contributed by atoms with Crippen molar-refractivity contribution < 1.29 is 17.9 Å². The van der Waals surface area contributed by atoms with E-state index in [1.54, 1.807) is 20.1 Å². The summed E-state index contributed by atoms with van der Waals surface area (Å²) in [6.07, 6.45) is 1.06. The maximum Gasteiger partial charge on any atom is 0.250 e. The molecular formula is C14H16N2O4S. The van der Waals surface area contributed by atoms with Gasteiger partial charge in [0.1, 0.15) is 12.4 Å². The number of aryl methyl sites for hydroxylation is 1. The minimum atomic E-state index is -3.46. The van der Waals surface area contributed by atoms with Gasteiger partial charge in [0.2, 0.25) is 20.9 Å². The summed E-state index contributed by atoms with van der Waals surface area (Å²) in [6.45, 7) is 1.97. The van der Waals surface area contributed by atoms with Gasteiger partial charge in [-0.1, -0.05) is 12.1 Å². The third kappa shape index (κ3) is 4.16. The minimum Gasteiger partial charge on any atom is -0.497 e. The number of nitrogens with zero attached hydrogens (tertiary/aromatic N) is 2. The summed E-state index contributed by atoms with van der Waals surface area (Å²) >= 11 is 0. The normalized spacial score (nSPS) is 11.2. The van der Waals surface area contributed by atoms with E-state index in [1.807, 2.05) is 24.3 Å². The van der Waals surface area contributed by atoms with E-state index >= 15 is 0 Å². The van der Waals surface area contributed by atoms with Crippen molar-refractivity contribution in [2.75, 3.05) is 13.4 Å². The fraction of sp³-hybridized carbons (Fsp3) is 0.286. The Labute approximate surface area is 123 Å². The van der Waals surface area contributed by atoms with Crippen LogP contribution in [-0.2, 0) is 16.4 Å². The van der Waals surface area contributed by atoms with Crippen LogP contribution >= 0.6 is 0 Å². The topological polar surface area (TPSA) is 78.4 Å². The Morgan fingerprint density at radius 3 is 2.38 bits per heavy atom. The maximum atomic E-state index is 11.5. The first kappa shape index (κ1) is 15.2. The van der Waals surface area contributed by atoms with Gasteiger partial charge >= 0.3 is 0 Å². The molecule has 0 N–H and O–H groups in total. The molecule has 2 rings (SSSR count). The van der Waals surface area contributed by atoms with Crippen LogP contribution in [0.1, 0.15) is 11.3 Å². The molecule has 0 saturated carbocycles. The zero-order chi connectivity index (χ0) is 15.5. The van der Waals surface area contributed by atoms with Crippen LogP contribution in [0.15, 0.2) is 35.5 Å². The third-order valence-corrected chi connectivity index (χ3v) is 3.53. The van der Waals surface area contributed by atoms with E-state index in [4.69, 9.17) is 9.47 Å². The number of benzene rings is 1. The fourth-order valence-corrected chi connectivity index (χ4v) is 2.20. The summed E-state index contributed by atoms with van der Waals surface area (Å²) in [5.74, 6) is 0.995. The van der Waals surface area contributed by atoms with Crippen LogP contribution in [0, 0.1) is 6.92 Å². The molecule has 7 heteroatoms. The Morgan fingerprint density at radius 2 is 1.81 bits per heavy atom. The number of sulfone groups is 1. The zero-order valence-corrected chi connectivity index (χ0v) is 12.8. The number of hydrogen-bond donors (Lipinski definition) is 0. The molecule has 0 saturated heterocycles.